The second-order valence-corrected chi connectivity index (χ2v) is 5.13. The van der Waals surface area contributed by atoms with Gasteiger partial charge in [0.15, 0.2) is 11.6 Å². The van der Waals surface area contributed by atoms with Gasteiger partial charge in [0.05, 0.1) is 6.10 Å². The Morgan fingerprint density at radius 2 is 1.95 bits per heavy atom. The van der Waals surface area contributed by atoms with Crippen LogP contribution in [0.15, 0.2) is 22.7 Å². The first-order chi connectivity index (χ1) is 9.97. The summed E-state index contributed by atoms with van der Waals surface area (Å²) in [6, 6.07) is 4.24. The zero-order valence-corrected chi connectivity index (χ0v) is 12.9. The van der Waals surface area contributed by atoms with Gasteiger partial charge in [-0.25, -0.2) is 10.2 Å². The number of anilines is 1. The number of hydrogen-bond acceptors (Lipinski definition) is 7. The highest BCUT2D eigenvalue weighted by Crippen LogP contribution is 2.26. The summed E-state index contributed by atoms with van der Waals surface area (Å²) in [5.41, 5.74) is 2.27. The molecule has 0 aliphatic rings. The summed E-state index contributed by atoms with van der Waals surface area (Å²) in [5.74, 6) is 4.73. The molecule has 0 bridgehead atoms. The van der Waals surface area contributed by atoms with Crippen molar-refractivity contribution in [3.8, 4) is 17.8 Å². The molecule has 0 aliphatic carbocycles. The van der Waals surface area contributed by atoms with E-state index >= 15 is 0 Å². The third kappa shape index (κ3) is 4.23. The lowest BCUT2D eigenvalue weighted by atomic mass is 10.3. The number of nitrogens with zero attached hydrogens (tertiary/aromatic N) is 3. The molecule has 9 heteroatoms. The van der Waals surface area contributed by atoms with Gasteiger partial charge in [0.2, 0.25) is 5.95 Å². The van der Waals surface area contributed by atoms with Crippen LogP contribution in [-0.2, 0) is 0 Å². The summed E-state index contributed by atoms with van der Waals surface area (Å²) >= 11 is 3.16. The van der Waals surface area contributed by atoms with Gasteiger partial charge in [-0.1, -0.05) is 15.9 Å². The molecule has 2 aromatic rings. The number of nitrogens with two attached hydrogens (primary N) is 1. The smallest absolute Gasteiger partial charge is 0.330 e. The van der Waals surface area contributed by atoms with Crippen molar-refractivity contribution >= 4 is 21.9 Å². The highest BCUT2D eigenvalue weighted by Gasteiger charge is 2.12. The highest BCUT2D eigenvalue weighted by molar-refractivity contribution is 9.10. The fraction of sp³-hybridized carbons (Fsp3) is 0.250. The van der Waals surface area contributed by atoms with Crippen LogP contribution in [0.1, 0.15) is 13.8 Å². The molecule has 0 saturated carbocycles. The molecule has 112 valence electrons. The summed E-state index contributed by atoms with van der Waals surface area (Å²) in [5, 5.41) is 0. The molecular weight excluding hydrogens is 345 g/mol. The molecule has 1 heterocycles. The van der Waals surface area contributed by atoms with Crippen LogP contribution in [0, 0.1) is 5.82 Å². The Morgan fingerprint density at radius 1 is 1.24 bits per heavy atom. The predicted octanol–water partition coefficient (Wildman–Crippen LogP) is 2.64. The summed E-state index contributed by atoms with van der Waals surface area (Å²) in [4.78, 5) is 11.7. The number of ether oxygens (including phenoxy) is 2. The van der Waals surface area contributed by atoms with Crippen LogP contribution in [0.25, 0.3) is 0 Å². The summed E-state index contributed by atoms with van der Waals surface area (Å²) in [6.45, 7) is 3.63. The van der Waals surface area contributed by atoms with Crippen LogP contribution in [0.5, 0.6) is 17.8 Å². The van der Waals surface area contributed by atoms with Crippen LogP contribution < -0.4 is 20.7 Å². The highest BCUT2D eigenvalue weighted by atomic mass is 79.9. The van der Waals surface area contributed by atoms with Gasteiger partial charge in [-0.2, -0.15) is 9.97 Å². The predicted molar refractivity (Wildman–Crippen MR) is 77.6 cm³/mol. The Kier molecular flexibility index (Phi) is 4.86. The standard InChI is InChI=1S/C12H13BrFN5O2/c1-6(2)20-11-16-10(19-15)17-12(18-11)21-9-4-3-7(13)5-8(9)14/h3-6H,15H2,1-2H3,(H,16,17,18,19). The first kappa shape index (κ1) is 15.4. The van der Waals surface area contributed by atoms with Gasteiger partial charge in [0.1, 0.15) is 0 Å². The van der Waals surface area contributed by atoms with E-state index in [0.717, 1.165) is 0 Å². The second kappa shape index (κ2) is 6.64. The molecule has 0 saturated heterocycles. The van der Waals surface area contributed by atoms with E-state index in [4.69, 9.17) is 15.3 Å². The third-order valence-corrected chi connectivity index (χ3v) is 2.65. The number of hydrazine groups is 1. The van der Waals surface area contributed by atoms with Crippen molar-refractivity contribution in [1.29, 1.82) is 0 Å². The molecule has 0 aliphatic heterocycles. The minimum Gasteiger partial charge on any atom is -0.461 e. The maximum absolute atomic E-state index is 13.7. The zero-order valence-electron chi connectivity index (χ0n) is 11.3. The van der Waals surface area contributed by atoms with E-state index in [2.05, 4.69) is 36.3 Å². The summed E-state index contributed by atoms with van der Waals surface area (Å²) in [6.07, 6.45) is -0.143. The number of benzene rings is 1. The Bertz CT molecular complexity index is 641. The van der Waals surface area contributed by atoms with Crippen LogP contribution in [-0.4, -0.2) is 21.1 Å². The average Bonchev–Trinajstić information content (AvgIpc) is 2.41. The van der Waals surface area contributed by atoms with E-state index in [1.165, 1.54) is 12.1 Å². The van der Waals surface area contributed by atoms with E-state index in [1.54, 1.807) is 6.07 Å². The monoisotopic (exact) mass is 357 g/mol. The molecule has 0 spiro atoms. The molecule has 0 amide bonds. The van der Waals surface area contributed by atoms with Crippen molar-refractivity contribution < 1.29 is 13.9 Å². The quantitative estimate of drug-likeness (QED) is 0.627. The van der Waals surface area contributed by atoms with E-state index < -0.39 is 5.82 Å². The number of nitrogens with one attached hydrogen (secondary N) is 1. The first-order valence-corrected chi connectivity index (χ1v) is 6.79. The maximum atomic E-state index is 13.7. The van der Waals surface area contributed by atoms with E-state index in [1.807, 2.05) is 13.8 Å². The van der Waals surface area contributed by atoms with Gasteiger partial charge in [0, 0.05) is 4.47 Å². The summed E-state index contributed by atoms with van der Waals surface area (Å²) in [7, 11) is 0. The Balaban J connectivity index is 2.29. The van der Waals surface area contributed by atoms with Crippen molar-refractivity contribution in [3.63, 3.8) is 0 Å². The number of aromatic nitrogens is 3. The van der Waals surface area contributed by atoms with Gasteiger partial charge in [-0.05, 0) is 32.0 Å². The Labute approximate surface area is 128 Å². The van der Waals surface area contributed by atoms with Crippen molar-refractivity contribution in [2.75, 3.05) is 5.43 Å². The third-order valence-electron chi connectivity index (χ3n) is 2.16. The molecule has 1 aromatic carbocycles. The Hall–Kier alpha value is -2.00. The molecule has 21 heavy (non-hydrogen) atoms. The van der Waals surface area contributed by atoms with E-state index in [9.17, 15) is 4.39 Å². The number of halogens is 2. The largest absolute Gasteiger partial charge is 0.461 e. The maximum Gasteiger partial charge on any atom is 0.330 e. The number of hydrogen-bond donors (Lipinski definition) is 2. The SMILES string of the molecule is CC(C)Oc1nc(NN)nc(Oc2ccc(Br)cc2F)n1. The first-order valence-electron chi connectivity index (χ1n) is 6.00. The van der Waals surface area contributed by atoms with Crippen molar-refractivity contribution in [3.05, 3.63) is 28.5 Å². The van der Waals surface area contributed by atoms with Crippen LogP contribution in [0.3, 0.4) is 0 Å². The van der Waals surface area contributed by atoms with Crippen LogP contribution >= 0.6 is 15.9 Å². The lowest BCUT2D eigenvalue weighted by Gasteiger charge is -2.10. The normalized spacial score (nSPS) is 10.6. The number of rotatable bonds is 5. The molecule has 0 fully saturated rings. The molecule has 0 atom stereocenters. The minimum absolute atomic E-state index is 0.0251. The molecular formula is C12H13BrFN5O2. The van der Waals surface area contributed by atoms with Gasteiger partial charge >= 0.3 is 12.0 Å². The lowest BCUT2D eigenvalue weighted by molar-refractivity contribution is 0.218. The average molecular weight is 358 g/mol. The fourth-order valence-electron chi connectivity index (χ4n) is 1.37. The number of nitrogen functional groups attached to an aromatic ring is 1. The van der Waals surface area contributed by atoms with E-state index in [-0.39, 0.29) is 29.8 Å². The van der Waals surface area contributed by atoms with Crippen molar-refractivity contribution in [1.82, 2.24) is 15.0 Å². The summed E-state index contributed by atoms with van der Waals surface area (Å²) < 4.78 is 25.0. The lowest BCUT2D eigenvalue weighted by Crippen LogP contribution is -2.15. The topological polar surface area (TPSA) is 95.2 Å². The Morgan fingerprint density at radius 3 is 2.57 bits per heavy atom. The van der Waals surface area contributed by atoms with Crippen LogP contribution in [0.4, 0.5) is 10.3 Å². The van der Waals surface area contributed by atoms with Crippen LogP contribution in [0.2, 0.25) is 0 Å². The molecule has 0 unspecified atom stereocenters. The van der Waals surface area contributed by atoms with Gasteiger partial charge < -0.3 is 9.47 Å². The molecule has 1 aromatic heterocycles. The van der Waals surface area contributed by atoms with Gasteiger partial charge in [-0.3, -0.25) is 5.43 Å². The molecule has 2 rings (SSSR count). The fourth-order valence-corrected chi connectivity index (χ4v) is 1.70. The zero-order chi connectivity index (χ0) is 15.4. The van der Waals surface area contributed by atoms with Crippen molar-refractivity contribution in [2.24, 2.45) is 5.84 Å². The molecule has 3 N–H and O–H groups in total. The van der Waals surface area contributed by atoms with Gasteiger partial charge in [0.25, 0.3) is 0 Å². The minimum atomic E-state index is -0.557. The molecule has 7 nitrogen and oxygen atoms in total. The van der Waals surface area contributed by atoms with Gasteiger partial charge in [-0.15, -0.1) is 4.98 Å². The van der Waals surface area contributed by atoms with Crippen molar-refractivity contribution in [2.45, 2.75) is 20.0 Å². The molecule has 0 radical (unpaired) electrons. The second-order valence-electron chi connectivity index (χ2n) is 4.21. The van der Waals surface area contributed by atoms with E-state index in [0.29, 0.717) is 4.47 Å².